The van der Waals surface area contributed by atoms with E-state index >= 15 is 0 Å². The number of carboxylic acid groups (broad SMARTS) is 1. The van der Waals surface area contributed by atoms with Crippen LogP contribution in [-0.2, 0) is 21.2 Å². The summed E-state index contributed by atoms with van der Waals surface area (Å²) in [5.41, 5.74) is 1.54. The minimum absolute atomic E-state index is 0.00622. The number of fused-ring (bicyclic) bond motifs is 1. The average molecular weight is 579 g/mol. The summed E-state index contributed by atoms with van der Waals surface area (Å²) >= 11 is 3.27. The first-order chi connectivity index (χ1) is 17.3. The number of H-pyrrole nitrogens is 1. The molecule has 194 valence electrons. The predicted molar refractivity (Wildman–Crippen MR) is 143 cm³/mol. The zero-order chi connectivity index (χ0) is 25.5. The van der Waals surface area contributed by atoms with Gasteiger partial charge in [-0.25, -0.2) is 8.42 Å². The molecule has 1 aliphatic rings. The van der Waals surface area contributed by atoms with Gasteiger partial charge in [0.05, 0.1) is 11.5 Å². The molecule has 3 aromatic rings. The van der Waals surface area contributed by atoms with E-state index in [4.69, 9.17) is 4.74 Å². The number of rotatable bonds is 12. The van der Waals surface area contributed by atoms with E-state index in [2.05, 4.69) is 31.0 Å². The van der Waals surface area contributed by atoms with Crippen LogP contribution < -0.4 is 14.8 Å². The van der Waals surface area contributed by atoms with Gasteiger partial charge in [-0.15, -0.1) is 0 Å². The second-order valence-electron chi connectivity index (χ2n) is 9.23. The standard InChI is InChI=1S/C26H32BrN3O5S/c27-20-4-7-22(8-5-20)36(33,34)30-25(26(31)32)15-19-17-29-24-9-6-21(16-23(19)24)35-14-2-1-3-18-10-12-28-13-11-18/h4-9,16-18,25,28-30H,1-3,10-15H2,(H,31,32). The molecule has 2 aromatic carbocycles. The largest absolute Gasteiger partial charge is 0.494 e. The maximum Gasteiger partial charge on any atom is 0.322 e. The maximum absolute atomic E-state index is 12.8. The average Bonchev–Trinajstić information content (AvgIpc) is 3.26. The molecule has 8 nitrogen and oxygen atoms in total. The second-order valence-corrected chi connectivity index (χ2v) is 11.9. The number of benzene rings is 2. The number of aliphatic carboxylic acids is 1. The fourth-order valence-electron chi connectivity index (χ4n) is 4.58. The van der Waals surface area contributed by atoms with Gasteiger partial charge in [0.1, 0.15) is 11.8 Å². The van der Waals surface area contributed by atoms with E-state index in [0.29, 0.717) is 17.9 Å². The topological polar surface area (TPSA) is 121 Å². The Morgan fingerprint density at radius 1 is 1.14 bits per heavy atom. The van der Waals surface area contributed by atoms with Crippen LogP contribution in [0.5, 0.6) is 5.75 Å². The highest BCUT2D eigenvalue weighted by molar-refractivity contribution is 9.10. The Bertz CT molecular complexity index is 1270. The molecule has 0 saturated carbocycles. The van der Waals surface area contributed by atoms with Crippen LogP contribution in [0.25, 0.3) is 10.9 Å². The van der Waals surface area contributed by atoms with Crippen molar-refractivity contribution in [1.82, 2.24) is 15.0 Å². The first kappa shape index (κ1) is 26.7. The van der Waals surface area contributed by atoms with Crippen molar-refractivity contribution in [2.45, 2.75) is 49.5 Å². The Balaban J connectivity index is 1.38. The van der Waals surface area contributed by atoms with Crippen LogP contribution in [0.2, 0.25) is 0 Å². The van der Waals surface area contributed by atoms with Crippen molar-refractivity contribution >= 4 is 42.8 Å². The molecule has 0 aliphatic carbocycles. The summed E-state index contributed by atoms with van der Waals surface area (Å²) in [7, 11) is -4.00. The number of unbranched alkanes of at least 4 members (excludes halogenated alkanes) is 1. The van der Waals surface area contributed by atoms with Crippen molar-refractivity contribution in [2.75, 3.05) is 19.7 Å². The highest BCUT2D eigenvalue weighted by Gasteiger charge is 2.26. The third kappa shape index (κ3) is 7.09. The Labute approximate surface area is 220 Å². The lowest BCUT2D eigenvalue weighted by Crippen LogP contribution is -2.42. The van der Waals surface area contributed by atoms with Gasteiger partial charge in [-0.2, -0.15) is 4.72 Å². The number of carbonyl (C=O) groups is 1. The molecule has 1 aromatic heterocycles. The Morgan fingerprint density at radius 2 is 1.89 bits per heavy atom. The van der Waals surface area contributed by atoms with Gasteiger partial charge in [0, 0.05) is 28.0 Å². The molecule has 1 aliphatic heterocycles. The summed E-state index contributed by atoms with van der Waals surface area (Å²) < 4.78 is 34.5. The highest BCUT2D eigenvalue weighted by Crippen LogP contribution is 2.26. The SMILES string of the molecule is O=C(O)C(Cc1c[nH]c2ccc(OCCCCC3CCNCC3)cc12)NS(=O)(=O)c1ccc(Br)cc1. The van der Waals surface area contributed by atoms with Gasteiger partial charge >= 0.3 is 5.97 Å². The van der Waals surface area contributed by atoms with Crippen molar-refractivity contribution in [3.8, 4) is 5.75 Å². The number of ether oxygens (including phenoxy) is 1. The zero-order valence-electron chi connectivity index (χ0n) is 20.0. The first-order valence-electron chi connectivity index (χ1n) is 12.3. The van der Waals surface area contributed by atoms with Crippen LogP contribution in [0.15, 0.2) is 58.0 Å². The summed E-state index contributed by atoms with van der Waals surface area (Å²) in [6.07, 6.45) is 7.58. The molecule has 0 amide bonds. The highest BCUT2D eigenvalue weighted by atomic mass is 79.9. The number of piperidine rings is 1. The van der Waals surface area contributed by atoms with Gasteiger partial charge in [-0.05, 0) is 92.7 Å². The summed E-state index contributed by atoms with van der Waals surface area (Å²) in [6, 6.07) is 10.4. The molecule has 1 fully saturated rings. The van der Waals surface area contributed by atoms with Gasteiger partial charge in [0.15, 0.2) is 0 Å². The lowest BCUT2D eigenvalue weighted by Gasteiger charge is -2.22. The third-order valence-electron chi connectivity index (χ3n) is 6.62. The molecule has 1 unspecified atom stereocenters. The molecule has 36 heavy (non-hydrogen) atoms. The fraction of sp³-hybridized carbons (Fsp3) is 0.423. The van der Waals surface area contributed by atoms with E-state index in [1.807, 2.05) is 18.2 Å². The summed E-state index contributed by atoms with van der Waals surface area (Å²) in [5.74, 6) is 0.284. The summed E-state index contributed by atoms with van der Waals surface area (Å²) in [5, 5.41) is 14.0. The van der Waals surface area contributed by atoms with Crippen molar-refractivity contribution < 1.29 is 23.1 Å². The van der Waals surface area contributed by atoms with Gasteiger partial charge < -0.3 is 20.1 Å². The molecule has 1 saturated heterocycles. The predicted octanol–water partition coefficient (Wildman–Crippen LogP) is 4.45. The van der Waals surface area contributed by atoms with Crippen LogP contribution in [0, 0.1) is 5.92 Å². The third-order valence-corrected chi connectivity index (χ3v) is 8.63. The van der Waals surface area contributed by atoms with Crippen molar-refractivity contribution in [1.29, 1.82) is 0 Å². The number of carboxylic acids is 1. The Morgan fingerprint density at radius 3 is 2.61 bits per heavy atom. The second kappa shape index (κ2) is 12.2. The smallest absolute Gasteiger partial charge is 0.322 e. The van der Waals surface area contributed by atoms with Crippen molar-refractivity contribution in [3.63, 3.8) is 0 Å². The van der Waals surface area contributed by atoms with Crippen LogP contribution >= 0.6 is 15.9 Å². The van der Waals surface area contributed by atoms with E-state index < -0.39 is 22.0 Å². The zero-order valence-corrected chi connectivity index (χ0v) is 22.4. The van der Waals surface area contributed by atoms with E-state index in [-0.39, 0.29) is 11.3 Å². The lowest BCUT2D eigenvalue weighted by molar-refractivity contribution is -0.138. The number of hydrogen-bond donors (Lipinski definition) is 4. The molecular formula is C26H32BrN3O5S. The molecule has 10 heteroatoms. The van der Waals surface area contributed by atoms with Gasteiger partial charge in [0.2, 0.25) is 10.0 Å². The summed E-state index contributed by atoms with van der Waals surface area (Å²) in [4.78, 5) is 15.1. The molecular weight excluding hydrogens is 546 g/mol. The van der Waals surface area contributed by atoms with Crippen LogP contribution in [0.4, 0.5) is 0 Å². The molecule has 4 rings (SSSR count). The van der Waals surface area contributed by atoms with Crippen LogP contribution in [0.3, 0.4) is 0 Å². The number of aromatic amines is 1. The minimum atomic E-state index is -4.00. The molecule has 0 bridgehead atoms. The van der Waals surface area contributed by atoms with Gasteiger partial charge in [0.25, 0.3) is 0 Å². The minimum Gasteiger partial charge on any atom is -0.494 e. The van der Waals surface area contributed by atoms with E-state index in [1.54, 1.807) is 18.3 Å². The molecule has 4 N–H and O–H groups in total. The quantitative estimate of drug-likeness (QED) is 0.236. The van der Waals surface area contributed by atoms with E-state index in [1.165, 1.54) is 31.4 Å². The number of halogens is 1. The molecule has 1 atom stereocenters. The molecule has 2 heterocycles. The van der Waals surface area contributed by atoms with Crippen LogP contribution in [0.1, 0.15) is 37.7 Å². The number of sulfonamides is 1. The van der Waals surface area contributed by atoms with Crippen LogP contribution in [-0.4, -0.2) is 50.2 Å². The molecule has 0 radical (unpaired) electrons. The van der Waals surface area contributed by atoms with E-state index in [0.717, 1.165) is 47.2 Å². The Kier molecular flexibility index (Phi) is 9.05. The monoisotopic (exact) mass is 577 g/mol. The van der Waals surface area contributed by atoms with Crippen molar-refractivity contribution in [3.05, 3.63) is 58.7 Å². The number of aromatic nitrogens is 1. The van der Waals surface area contributed by atoms with E-state index in [9.17, 15) is 18.3 Å². The maximum atomic E-state index is 12.8. The fourth-order valence-corrected chi connectivity index (χ4v) is 6.03. The molecule has 0 spiro atoms. The Hall–Kier alpha value is -2.40. The van der Waals surface area contributed by atoms with Gasteiger partial charge in [-0.1, -0.05) is 22.4 Å². The van der Waals surface area contributed by atoms with Crippen molar-refractivity contribution in [2.24, 2.45) is 5.92 Å². The number of hydrogen-bond acceptors (Lipinski definition) is 5. The van der Waals surface area contributed by atoms with Gasteiger partial charge in [-0.3, -0.25) is 4.79 Å². The lowest BCUT2D eigenvalue weighted by atomic mass is 9.93. The first-order valence-corrected chi connectivity index (χ1v) is 14.5. The normalized spacial score (nSPS) is 15.7. The number of nitrogens with one attached hydrogen (secondary N) is 3. The summed E-state index contributed by atoms with van der Waals surface area (Å²) in [6.45, 7) is 2.87.